The van der Waals surface area contributed by atoms with Gasteiger partial charge in [-0.15, -0.1) is 0 Å². The molecule has 3 aliphatic rings. The predicted molar refractivity (Wildman–Crippen MR) is 137 cm³/mol. The molecule has 1 saturated heterocycles. The van der Waals surface area contributed by atoms with Crippen LogP contribution in [0.1, 0.15) is 29.6 Å². The molecular weight excluding hydrogens is 482 g/mol. The monoisotopic (exact) mass is 503 g/mol. The van der Waals surface area contributed by atoms with E-state index < -0.39 is 5.92 Å². The number of nitrogens with one attached hydrogen (secondary N) is 1. The number of carbonyl (C=O) groups is 3. The fourth-order valence-corrected chi connectivity index (χ4v) is 5.97. The molecule has 1 aliphatic carbocycles. The first kappa shape index (κ1) is 22.2. The van der Waals surface area contributed by atoms with Crippen molar-refractivity contribution in [2.45, 2.75) is 35.1 Å². The molecule has 0 radical (unpaired) electrons. The van der Waals surface area contributed by atoms with Gasteiger partial charge in [0.15, 0.2) is 0 Å². The number of benzene rings is 3. The number of anilines is 3. The Kier molecular flexibility index (Phi) is 5.54. The molecule has 1 saturated carbocycles. The van der Waals surface area contributed by atoms with Crippen molar-refractivity contribution in [2.24, 2.45) is 5.92 Å². The summed E-state index contributed by atoms with van der Waals surface area (Å²) in [6.07, 6.45) is 2.14. The van der Waals surface area contributed by atoms with Gasteiger partial charge < -0.3 is 15.1 Å². The predicted octanol–water partition coefficient (Wildman–Crippen LogP) is 5.61. The van der Waals surface area contributed by atoms with Crippen LogP contribution in [0.25, 0.3) is 0 Å². The van der Waals surface area contributed by atoms with Gasteiger partial charge in [-0.3, -0.25) is 14.4 Å². The fourth-order valence-electron chi connectivity index (χ4n) is 4.68. The maximum Gasteiger partial charge on any atom is 0.259 e. The summed E-state index contributed by atoms with van der Waals surface area (Å²) in [5.41, 5.74) is 2.93. The van der Waals surface area contributed by atoms with Crippen molar-refractivity contribution in [1.29, 1.82) is 0 Å². The maximum atomic E-state index is 13.3. The molecule has 1 atom stereocenters. The number of nitrogens with zero attached hydrogens (tertiary/aromatic N) is 2. The lowest BCUT2D eigenvalue weighted by Crippen LogP contribution is -2.33. The summed E-state index contributed by atoms with van der Waals surface area (Å²) in [5.74, 6) is -0.730. The van der Waals surface area contributed by atoms with Gasteiger partial charge in [-0.2, -0.15) is 0 Å². The summed E-state index contributed by atoms with van der Waals surface area (Å²) in [6.45, 7) is 0.308. The fraction of sp³-hybridized carbons (Fsp3) is 0.222. The number of hydrogen-bond acceptors (Lipinski definition) is 4. The summed E-state index contributed by atoms with van der Waals surface area (Å²) in [4.78, 5) is 44.3. The van der Waals surface area contributed by atoms with Gasteiger partial charge in [0.2, 0.25) is 11.8 Å². The van der Waals surface area contributed by atoms with Crippen LogP contribution >= 0.6 is 23.4 Å². The highest BCUT2D eigenvalue weighted by Crippen LogP contribution is 2.46. The summed E-state index contributed by atoms with van der Waals surface area (Å²) < 4.78 is 0. The first-order valence-corrected chi connectivity index (χ1v) is 12.8. The first-order valence-electron chi connectivity index (χ1n) is 11.6. The molecular formula is C27H22ClN3O3S. The summed E-state index contributed by atoms with van der Waals surface area (Å²) >= 11 is 7.62. The Morgan fingerprint density at radius 3 is 2.60 bits per heavy atom. The van der Waals surface area contributed by atoms with E-state index in [1.807, 2.05) is 53.4 Å². The largest absolute Gasteiger partial charge is 0.326 e. The van der Waals surface area contributed by atoms with Gasteiger partial charge in [0, 0.05) is 45.2 Å². The van der Waals surface area contributed by atoms with Gasteiger partial charge in [-0.05, 0) is 61.4 Å². The normalized spacial score (nSPS) is 19.3. The van der Waals surface area contributed by atoms with Crippen LogP contribution < -0.4 is 15.1 Å². The molecule has 0 aromatic heterocycles. The van der Waals surface area contributed by atoms with Gasteiger partial charge in [-0.25, -0.2) is 0 Å². The zero-order valence-electron chi connectivity index (χ0n) is 18.7. The highest BCUT2D eigenvalue weighted by molar-refractivity contribution is 7.99. The average molecular weight is 504 g/mol. The molecule has 6 nitrogen and oxygen atoms in total. The van der Waals surface area contributed by atoms with Crippen LogP contribution in [0, 0.1) is 5.92 Å². The van der Waals surface area contributed by atoms with E-state index in [1.165, 1.54) is 0 Å². The quantitative estimate of drug-likeness (QED) is 0.502. The summed E-state index contributed by atoms with van der Waals surface area (Å²) in [6, 6.07) is 20.6. The van der Waals surface area contributed by atoms with Gasteiger partial charge in [0.25, 0.3) is 5.91 Å². The minimum atomic E-state index is -0.460. The van der Waals surface area contributed by atoms with E-state index in [0.29, 0.717) is 28.5 Å². The molecule has 3 aromatic rings. The van der Waals surface area contributed by atoms with Crippen molar-refractivity contribution >= 4 is 58.1 Å². The van der Waals surface area contributed by atoms with Crippen molar-refractivity contribution in [2.75, 3.05) is 21.7 Å². The second-order valence-corrected chi connectivity index (χ2v) is 10.6. The Labute approximate surface area is 212 Å². The van der Waals surface area contributed by atoms with Crippen LogP contribution in [-0.4, -0.2) is 30.3 Å². The lowest BCUT2D eigenvalue weighted by molar-refractivity contribution is -0.122. The third-order valence-electron chi connectivity index (χ3n) is 6.57. The molecule has 0 spiro atoms. The zero-order valence-corrected chi connectivity index (χ0v) is 20.3. The maximum absolute atomic E-state index is 13.3. The number of carbonyl (C=O) groups excluding carboxylic acids is 3. The summed E-state index contributed by atoms with van der Waals surface area (Å²) in [7, 11) is 0. The van der Waals surface area contributed by atoms with Crippen LogP contribution in [0.2, 0.25) is 5.02 Å². The Morgan fingerprint density at radius 2 is 1.80 bits per heavy atom. The highest BCUT2D eigenvalue weighted by atomic mass is 35.5. The van der Waals surface area contributed by atoms with Gasteiger partial charge in [0.1, 0.15) is 0 Å². The van der Waals surface area contributed by atoms with E-state index >= 15 is 0 Å². The molecule has 2 aliphatic heterocycles. The van der Waals surface area contributed by atoms with Gasteiger partial charge >= 0.3 is 0 Å². The van der Waals surface area contributed by atoms with Crippen molar-refractivity contribution in [1.82, 2.24) is 0 Å². The Bertz CT molecular complexity index is 1370. The number of rotatable bonds is 4. The number of hydrogen-bond donors (Lipinski definition) is 1. The molecule has 2 fully saturated rings. The molecule has 3 amide bonds. The van der Waals surface area contributed by atoms with Crippen molar-refractivity contribution in [3.63, 3.8) is 0 Å². The number of halogens is 1. The second-order valence-electron chi connectivity index (χ2n) is 9.06. The van der Waals surface area contributed by atoms with Crippen LogP contribution in [0.5, 0.6) is 0 Å². The van der Waals surface area contributed by atoms with E-state index in [2.05, 4.69) is 5.32 Å². The Balaban J connectivity index is 1.24. The average Bonchev–Trinajstić information content (AvgIpc) is 3.61. The first-order chi connectivity index (χ1) is 17.0. The minimum absolute atomic E-state index is 0.0247. The van der Waals surface area contributed by atoms with E-state index in [-0.39, 0.29) is 30.2 Å². The molecule has 0 unspecified atom stereocenters. The SMILES string of the molecule is O=C(Nc1ccc2c(c1)Sc1ccccc1C(=O)N2C1CC1)[C@H]1CC(=O)N(c2cccc(Cl)c2)C1. The highest BCUT2D eigenvalue weighted by Gasteiger charge is 2.38. The van der Waals surface area contributed by atoms with Crippen molar-refractivity contribution in [3.8, 4) is 0 Å². The molecule has 0 bridgehead atoms. The number of amides is 3. The van der Waals surface area contributed by atoms with E-state index in [1.54, 1.807) is 34.9 Å². The Morgan fingerprint density at radius 1 is 0.971 bits per heavy atom. The smallest absolute Gasteiger partial charge is 0.259 e. The van der Waals surface area contributed by atoms with Gasteiger partial charge in [0.05, 0.1) is 17.2 Å². The van der Waals surface area contributed by atoms with Crippen LogP contribution in [0.15, 0.2) is 76.5 Å². The third kappa shape index (κ3) is 4.19. The molecule has 3 aromatic carbocycles. The molecule has 8 heteroatoms. The van der Waals surface area contributed by atoms with Crippen LogP contribution in [0.3, 0.4) is 0 Å². The molecule has 176 valence electrons. The Hall–Kier alpha value is -3.29. The van der Waals surface area contributed by atoms with Crippen LogP contribution in [-0.2, 0) is 9.59 Å². The van der Waals surface area contributed by atoms with Crippen LogP contribution in [0.4, 0.5) is 17.1 Å². The van der Waals surface area contributed by atoms with Crippen molar-refractivity contribution in [3.05, 3.63) is 77.3 Å². The molecule has 1 N–H and O–H groups in total. The van der Waals surface area contributed by atoms with E-state index in [4.69, 9.17) is 11.6 Å². The molecule has 6 rings (SSSR count). The van der Waals surface area contributed by atoms with E-state index in [0.717, 1.165) is 28.3 Å². The summed E-state index contributed by atoms with van der Waals surface area (Å²) in [5, 5.41) is 3.54. The standard InChI is InChI=1S/C27H22ClN3O3S/c28-17-4-3-5-20(13-17)30-15-16(12-25(30)32)26(33)29-18-8-11-22-24(14-18)35-23-7-2-1-6-21(23)27(34)31(22)19-9-10-19/h1-8,11,13-14,16,19H,9-10,12,15H2,(H,29,33)/t16-/m0/s1. The zero-order chi connectivity index (χ0) is 24.1. The topological polar surface area (TPSA) is 69.7 Å². The van der Waals surface area contributed by atoms with Gasteiger partial charge in [-0.1, -0.05) is 41.6 Å². The molecule has 2 heterocycles. The third-order valence-corrected chi connectivity index (χ3v) is 7.93. The number of fused-ring (bicyclic) bond motifs is 2. The van der Waals surface area contributed by atoms with E-state index in [9.17, 15) is 14.4 Å². The minimum Gasteiger partial charge on any atom is -0.326 e. The second kappa shape index (κ2) is 8.73. The van der Waals surface area contributed by atoms with Crippen molar-refractivity contribution < 1.29 is 14.4 Å². The lowest BCUT2D eigenvalue weighted by Gasteiger charge is -2.23. The molecule has 35 heavy (non-hydrogen) atoms. The lowest BCUT2D eigenvalue weighted by atomic mass is 10.1.